The predicted octanol–water partition coefficient (Wildman–Crippen LogP) is -0.277. The zero-order valence-corrected chi connectivity index (χ0v) is 12.7. The molecule has 0 radical (unpaired) electrons. The van der Waals surface area contributed by atoms with Crippen molar-refractivity contribution in [1.82, 2.24) is 15.1 Å². The third-order valence-electron chi connectivity index (χ3n) is 3.06. The Morgan fingerprint density at radius 3 is 2.53 bits per heavy atom. The molecular formula is C12H24ClN3O3. The average Bonchev–Trinajstić information content (AvgIpc) is 2.86. The van der Waals surface area contributed by atoms with Gasteiger partial charge in [-0.05, 0) is 19.4 Å². The summed E-state index contributed by atoms with van der Waals surface area (Å²) in [5.74, 6) is -0.0720. The van der Waals surface area contributed by atoms with Crippen LogP contribution in [0.25, 0.3) is 0 Å². The van der Waals surface area contributed by atoms with Crippen molar-refractivity contribution in [1.29, 1.82) is 0 Å². The van der Waals surface area contributed by atoms with Crippen LogP contribution in [0.5, 0.6) is 0 Å². The Morgan fingerprint density at radius 1 is 1.37 bits per heavy atom. The lowest BCUT2D eigenvalue weighted by atomic mass is 10.2. The van der Waals surface area contributed by atoms with Gasteiger partial charge in [0.15, 0.2) is 0 Å². The Balaban J connectivity index is 0.00000324. The van der Waals surface area contributed by atoms with Crippen LogP contribution < -0.4 is 5.32 Å². The van der Waals surface area contributed by atoms with E-state index in [4.69, 9.17) is 4.74 Å². The maximum Gasteiger partial charge on any atom is 0.241 e. The van der Waals surface area contributed by atoms with Gasteiger partial charge in [0.25, 0.3) is 0 Å². The minimum absolute atomic E-state index is 0. The largest absolute Gasteiger partial charge is 0.383 e. The maximum absolute atomic E-state index is 12.2. The molecule has 0 spiro atoms. The van der Waals surface area contributed by atoms with Crippen molar-refractivity contribution >= 4 is 24.2 Å². The van der Waals surface area contributed by atoms with Crippen LogP contribution in [0.15, 0.2) is 0 Å². The van der Waals surface area contributed by atoms with Gasteiger partial charge in [0, 0.05) is 27.7 Å². The van der Waals surface area contributed by atoms with E-state index in [9.17, 15) is 9.59 Å². The van der Waals surface area contributed by atoms with Crippen LogP contribution in [0.3, 0.4) is 0 Å². The minimum atomic E-state index is -0.142. The van der Waals surface area contributed by atoms with Crippen molar-refractivity contribution in [2.75, 3.05) is 47.4 Å². The SMILES string of the molecule is COCCN(CC(=O)N(C)C)C(=O)[C@@H]1CCCN1.Cl. The van der Waals surface area contributed by atoms with E-state index in [1.165, 1.54) is 4.90 Å². The van der Waals surface area contributed by atoms with Crippen LogP contribution in [-0.4, -0.2) is 75.1 Å². The number of nitrogens with one attached hydrogen (secondary N) is 1. The van der Waals surface area contributed by atoms with Gasteiger partial charge < -0.3 is 19.9 Å². The normalized spacial score (nSPS) is 17.7. The molecule has 1 heterocycles. The van der Waals surface area contributed by atoms with E-state index in [1.807, 2.05) is 0 Å². The van der Waals surface area contributed by atoms with E-state index < -0.39 is 0 Å². The molecule has 0 aromatic carbocycles. The lowest BCUT2D eigenvalue weighted by Crippen LogP contribution is -2.48. The molecule has 6 nitrogen and oxygen atoms in total. The first-order valence-electron chi connectivity index (χ1n) is 6.27. The average molecular weight is 294 g/mol. The Hall–Kier alpha value is -0.850. The van der Waals surface area contributed by atoms with E-state index in [0.717, 1.165) is 19.4 Å². The fraction of sp³-hybridized carbons (Fsp3) is 0.833. The monoisotopic (exact) mass is 293 g/mol. The van der Waals surface area contributed by atoms with Crippen molar-refractivity contribution in [3.63, 3.8) is 0 Å². The van der Waals surface area contributed by atoms with E-state index in [0.29, 0.717) is 13.2 Å². The summed E-state index contributed by atoms with van der Waals surface area (Å²) in [5.41, 5.74) is 0. The van der Waals surface area contributed by atoms with Gasteiger partial charge in [-0.15, -0.1) is 12.4 Å². The first kappa shape index (κ1) is 18.1. The molecule has 0 bridgehead atoms. The molecule has 1 aliphatic heterocycles. The van der Waals surface area contributed by atoms with Gasteiger partial charge >= 0.3 is 0 Å². The van der Waals surface area contributed by atoms with Crippen molar-refractivity contribution in [2.45, 2.75) is 18.9 Å². The fourth-order valence-electron chi connectivity index (χ4n) is 1.89. The van der Waals surface area contributed by atoms with E-state index in [-0.39, 0.29) is 36.8 Å². The third-order valence-corrected chi connectivity index (χ3v) is 3.06. The van der Waals surface area contributed by atoms with Crippen molar-refractivity contribution in [3.05, 3.63) is 0 Å². The number of rotatable bonds is 6. The summed E-state index contributed by atoms with van der Waals surface area (Å²) in [4.78, 5) is 27.0. The standard InChI is InChI=1S/C12H23N3O3.ClH/c1-14(2)11(16)9-15(7-8-18-3)12(17)10-5-4-6-13-10;/h10,13H,4-9H2,1-3H3;1H/t10-;/m0./s1. The number of hydrogen-bond donors (Lipinski definition) is 1. The highest BCUT2D eigenvalue weighted by molar-refractivity contribution is 5.87. The third kappa shape index (κ3) is 5.76. The van der Waals surface area contributed by atoms with Crippen LogP contribution in [0.2, 0.25) is 0 Å². The van der Waals surface area contributed by atoms with Gasteiger partial charge in [-0.1, -0.05) is 0 Å². The first-order chi connectivity index (χ1) is 8.56. The predicted molar refractivity (Wildman–Crippen MR) is 75.4 cm³/mol. The topological polar surface area (TPSA) is 61.9 Å². The highest BCUT2D eigenvalue weighted by Crippen LogP contribution is 2.08. The second-order valence-electron chi connectivity index (χ2n) is 4.69. The molecule has 1 aliphatic rings. The summed E-state index contributed by atoms with van der Waals surface area (Å²) in [6, 6.07) is -0.142. The number of methoxy groups -OCH3 is 1. The zero-order chi connectivity index (χ0) is 13.5. The quantitative estimate of drug-likeness (QED) is 0.732. The van der Waals surface area contributed by atoms with E-state index in [2.05, 4.69) is 5.32 Å². The van der Waals surface area contributed by atoms with Gasteiger partial charge in [0.2, 0.25) is 11.8 Å². The zero-order valence-electron chi connectivity index (χ0n) is 11.8. The van der Waals surface area contributed by atoms with Crippen LogP contribution in [-0.2, 0) is 14.3 Å². The van der Waals surface area contributed by atoms with E-state index >= 15 is 0 Å². The van der Waals surface area contributed by atoms with Gasteiger partial charge in [-0.3, -0.25) is 9.59 Å². The lowest BCUT2D eigenvalue weighted by molar-refractivity contribution is -0.140. The second kappa shape index (κ2) is 9.12. The number of ether oxygens (including phenoxy) is 1. The highest BCUT2D eigenvalue weighted by atomic mass is 35.5. The first-order valence-corrected chi connectivity index (χ1v) is 6.27. The molecule has 1 saturated heterocycles. The van der Waals surface area contributed by atoms with Crippen molar-refractivity contribution < 1.29 is 14.3 Å². The molecular weight excluding hydrogens is 270 g/mol. The number of carbonyl (C=O) groups is 2. The summed E-state index contributed by atoms with van der Waals surface area (Å²) in [6.07, 6.45) is 1.86. The molecule has 1 fully saturated rings. The Kier molecular flexibility index (Phi) is 8.71. The minimum Gasteiger partial charge on any atom is -0.383 e. The molecule has 0 aliphatic carbocycles. The van der Waals surface area contributed by atoms with Crippen LogP contribution >= 0.6 is 12.4 Å². The molecule has 112 valence electrons. The summed E-state index contributed by atoms with van der Waals surface area (Å²) >= 11 is 0. The van der Waals surface area contributed by atoms with Gasteiger partial charge in [-0.2, -0.15) is 0 Å². The lowest BCUT2D eigenvalue weighted by Gasteiger charge is -2.26. The van der Waals surface area contributed by atoms with Gasteiger partial charge in [0.05, 0.1) is 19.2 Å². The molecule has 0 unspecified atom stereocenters. The van der Waals surface area contributed by atoms with Crippen molar-refractivity contribution in [3.8, 4) is 0 Å². The summed E-state index contributed by atoms with van der Waals surface area (Å²) in [6.45, 7) is 1.88. The van der Waals surface area contributed by atoms with Gasteiger partial charge in [0.1, 0.15) is 0 Å². The molecule has 1 atom stereocenters. The van der Waals surface area contributed by atoms with Gasteiger partial charge in [-0.25, -0.2) is 0 Å². The summed E-state index contributed by atoms with van der Waals surface area (Å²) in [5, 5.41) is 3.16. The second-order valence-corrected chi connectivity index (χ2v) is 4.69. The number of carbonyl (C=O) groups excluding carboxylic acids is 2. The van der Waals surface area contributed by atoms with Crippen LogP contribution in [0.4, 0.5) is 0 Å². The summed E-state index contributed by atoms with van der Waals surface area (Å²) < 4.78 is 4.99. The Labute approximate surface area is 120 Å². The fourth-order valence-corrected chi connectivity index (χ4v) is 1.89. The number of nitrogens with zero attached hydrogens (tertiary/aromatic N) is 2. The smallest absolute Gasteiger partial charge is 0.241 e. The number of amides is 2. The molecule has 0 saturated carbocycles. The molecule has 19 heavy (non-hydrogen) atoms. The maximum atomic E-state index is 12.2. The summed E-state index contributed by atoms with van der Waals surface area (Å²) in [7, 11) is 4.97. The van der Waals surface area contributed by atoms with E-state index in [1.54, 1.807) is 26.1 Å². The Bertz CT molecular complexity index is 294. The van der Waals surface area contributed by atoms with Crippen molar-refractivity contribution in [2.24, 2.45) is 0 Å². The number of likely N-dealkylation sites (N-methyl/N-ethyl adjacent to an activating group) is 1. The Morgan fingerprint density at radius 2 is 2.05 bits per heavy atom. The molecule has 0 aromatic heterocycles. The molecule has 1 rings (SSSR count). The number of halogens is 1. The van der Waals surface area contributed by atoms with Crippen LogP contribution in [0, 0.1) is 0 Å². The molecule has 1 N–H and O–H groups in total. The highest BCUT2D eigenvalue weighted by Gasteiger charge is 2.28. The van der Waals surface area contributed by atoms with Crippen LogP contribution in [0.1, 0.15) is 12.8 Å². The number of hydrogen-bond acceptors (Lipinski definition) is 4. The molecule has 0 aromatic rings. The molecule has 7 heteroatoms. The molecule has 2 amide bonds.